The Morgan fingerprint density at radius 3 is 2.59 bits per heavy atom. The molecule has 0 aliphatic carbocycles. The van der Waals surface area contributed by atoms with Crippen molar-refractivity contribution >= 4 is 22.9 Å². The number of imidazole rings is 1. The first-order chi connectivity index (χ1) is 13.0. The van der Waals surface area contributed by atoms with Gasteiger partial charge in [0.2, 0.25) is 5.95 Å². The number of aromatic nitrogens is 5. The topological polar surface area (TPSA) is 114 Å². The van der Waals surface area contributed by atoms with E-state index in [1.165, 1.54) is 0 Å². The first-order valence-corrected chi connectivity index (χ1v) is 8.92. The van der Waals surface area contributed by atoms with Gasteiger partial charge in [-0.2, -0.15) is 4.98 Å². The van der Waals surface area contributed by atoms with Crippen LogP contribution < -0.4 is 9.80 Å². The monoisotopic (exact) mass is 369 g/mol. The minimum Gasteiger partial charge on any atom is -0.393 e. The summed E-state index contributed by atoms with van der Waals surface area (Å²) in [6.45, 7) is 0.929. The number of hydrogen-bond acceptors (Lipinski definition) is 8. The maximum absolute atomic E-state index is 10.2. The molecule has 1 fully saturated rings. The zero-order valence-corrected chi connectivity index (χ0v) is 15.4. The molecule has 1 saturated heterocycles. The summed E-state index contributed by atoms with van der Waals surface area (Å²) in [5, 5.41) is 19.6. The van der Waals surface area contributed by atoms with E-state index in [0.29, 0.717) is 43.0 Å². The number of pyridine rings is 1. The van der Waals surface area contributed by atoms with Crippen molar-refractivity contribution in [2.75, 3.05) is 43.6 Å². The van der Waals surface area contributed by atoms with Gasteiger partial charge >= 0.3 is 0 Å². The highest BCUT2D eigenvalue weighted by Gasteiger charge is 2.32. The summed E-state index contributed by atoms with van der Waals surface area (Å²) in [4.78, 5) is 25.2. The number of nitrogens with one attached hydrogen (secondary N) is 1. The third-order valence-electron chi connectivity index (χ3n) is 5.02. The summed E-state index contributed by atoms with van der Waals surface area (Å²) in [6.07, 6.45) is 4.34. The highest BCUT2D eigenvalue weighted by molar-refractivity contribution is 5.88. The molecule has 3 aromatic rings. The van der Waals surface area contributed by atoms with Crippen molar-refractivity contribution in [3.8, 4) is 11.3 Å². The van der Waals surface area contributed by atoms with E-state index in [4.69, 9.17) is 4.98 Å². The minimum absolute atomic E-state index is 0.226. The molecule has 3 N–H and O–H groups in total. The van der Waals surface area contributed by atoms with Crippen molar-refractivity contribution < 1.29 is 10.2 Å². The Hall–Kier alpha value is -2.78. The summed E-state index contributed by atoms with van der Waals surface area (Å²) in [6, 6.07) is 3.92. The van der Waals surface area contributed by atoms with Gasteiger partial charge in [0.25, 0.3) is 0 Å². The predicted octanol–water partition coefficient (Wildman–Crippen LogP) is 0.804. The summed E-state index contributed by atoms with van der Waals surface area (Å²) < 4.78 is 0. The molecule has 0 bridgehead atoms. The van der Waals surface area contributed by atoms with Gasteiger partial charge in [-0.25, -0.2) is 15.0 Å². The van der Waals surface area contributed by atoms with E-state index in [2.05, 4.69) is 19.9 Å². The van der Waals surface area contributed by atoms with E-state index in [0.717, 1.165) is 17.1 Å². The molecule has 1 aliphatic rings. The molecule has 3 aromatic heterocycles. The van der Waals surface area contributed by atoms with E-state index in [1.54, 1.807) is 12.5 Å². The van der Waals surface area contributed by atoms with Crippen LogP contribution in [-0.2, 0) is 0 Å². The van der Waals surface area contributed by atoms with E-state index in [-0.39, 0.29) is 6.61 Å². The number of nitrogens with zero attached hydrogens (tertiary/aromatic N) is 6. The van der Waals surface area contributed by atoms with Crippen molar-refractivity contribution in [3.05, 3.63) is 24.7 Å². The average Bonchev–Trinajstić information content (AvgIpc) is 3.16. The molecule has 0 aromatic carbocycles. The fourth-order valence-corrected chi connectivity index (χ4v) is 3.24. The first-order valence-electron chi connectivity index (χ1n) is 8.92. The van der Waals surface area contributed by atoms with Crippen LogP contribution in [-0.4, -0.2) is 74.5 Å². The van der Waals surface area contributed by atoms with Crippen LogP contribution in [0.2, 0.25) is 0 Å². The van der Waals surface area contributed by atoms with Crippen LogP contribution in [0.15, 0.2) is 24.7 Å². The number of hydrogen-bond donors (Lipinski definition) is 3. The van der Waals surface area contributed by atoms with Crippen LogP contribution in [0.1, 0.15) is 12.8 Å². The molecule has 9 nitrogen and oxygen atoms in total. The third-order valence-corrected chi connectivity index (χ3v) is 5.02. The fourth-order valence-electron chi connectivity index (χ4n) is 3.24. The SMILES string of the molecule is CN(C)c1ccc(-c2nc(N3CCC(O)(CO)CC3)nc3[nH]cnc23)cn1. The van der Waals surface area contributed by atoms with Crippen molar-refractivity contribution in [2.45, 2.75) is 18.4 Å². The summed E-state index contributed by atoms with van der Waals surface area (Å²) in [5.41, 5.74) is 1.93. The molecule has 0 saturated carbocycles. The molecule has 9 heteroatoms. The molecule has 4 rings (SSSR count). The van der Waals surface area contributed by atoms with Gasteiger partial charge < -0.3 is 25.0 Å². The zero-order valence-electron chi connectivity index (χ0n) is 15.4. The zero-order chi connectivity index (χ0) is 19.0. The molecular formula is C18H23N7O2. The van der Waals surface area contributed by atoms with Gasteiger partial charge in [0.1, 0.15) is 17.0 Å². The highest BCUT2D eigenvalue weighted by atomic mass is 16.3. The molecule has 0 amide bonds. The third kappa shape index (κ3) is 3.31. The van der Waals surface area contributed by atoms with Crippen LogP contribution in [0.25, 0.3) is 22.4 Å². The quantitative estimate of drug-likeness (QED) is 0.619. The Balaban J connectivity index is 1.70. The van der Waals surface area contributed by atoms with E-state index < -0.39 is 5.60 Å². The highest BCUT2D eigenvalue weighted by Crippen LogP contribution is 2.29. The Morgan fingerprint density at radius 1 is 1.19 bits per heavy atom. The number of rotatable bonds is 4. The van der Waals surface area contributed by atoms with Crippen molar-refractivity contribution in [3.63, 3.8) is 0 Å². The number of aromatic amines is 1. The maximum atomic E-state index is 10.2. The van der Waals surface area contributed by atoms with Crippen LogP contribution in [0, 0.1) is 0 Å². The lowest BCUT2D eigenvalue weighted by Gasteiger charge is -2.37. The summed E-state index contributed by atoms with van der Waals surface area (Å²) >= 11 is 0. The van der Waals surface area contributed by atoms with Gasteiger partial charge in [0.05, 0.1) is 18.5 Å². The maximum Gasteiger partial charge on any atom is 0.228 e. The second kappa shape index (κ2) is 6.75. The number of aliphatic hydroxyl groups is 2. The Morgan fingerprint density at radius 2 is 1.96 bits per heavy atom. The average molecular weight is 369 g/mol. The Kier molecular flexibility index (Phi) is 4.40. The minimum atomic E-state index is -1.01. The second-order valence-electron chi connectivity index (χ2n) is 7.14. The lowest BCUT2D eigenvalue weighted by atomic mass is 9.93. The molecular weight excluding hydrogens is 346 g/mol. The first kappa shape index (κ1) is 17.6. The van der Waals surface area contributed by atoms with Crippen molar-refractivity contribution in [1.29, 1.82) is 0 Å². The molecule has 142 valence electrons. The Bertz CT molecular complexity index is 931. The van der Waals surface area contributed by atoms with Crippen LogP contribution >= 0.6 is 0 Å². The van der Waals surface area contributed by atoms with E-state index in [9.17, 15) is 10.2 Å². The standard InChI is InChI=1S/C18H23N7O2/c1-24(2)13-4-3-12(9-19-13)14-15-16(21-11-20-15)23-17(22-14)25-7-5-18(27,10-26)6-8-25/h3-4,9,11,26-27H,5-8,10H2,1-2H3,(H,20,21,22,23). The van der Waals surface area contributed by atoms with Crippen LogP contribution in [0.5, 0.6) is 0 Å². The van der Waals surface area contributed by atoms with Crippen LogP contribution in [0.4, 0.5) is 11.8 Å². The molecule has 0 atom stereocenters. The predicted molar refractivity (Wildman–Crippen MR) is 103 cm³/mol. The lowest BCUT2D eigenvalue weighted by molar-refractivity contribution is -0.0327. The van der Waals surface area contributed by atoms with Gasteiger partial charge in [-0.15, -0.1) is 0 Å². The Labute approximate surface area is 156 Å². The molecule has 0 unspecified atom stereocenters. The summed E-state index contributed by atoms with van der Waals surface area (Å²) in [7, 11) is 3.89. The van der Waals surface area contributed by atoms with Gasteiger partial charge in [0, 0.05) is 38.9 Å². The lowest BCUT2D eigenvalue weighted by Crippen LogP contribution is -2.47. The fraction of sp³-hybridized carbons (Fsp3) is 0.444. The summed E-state index contributed by atoms with van der Waals surface area (Å²) in [5.74, 6) is 1.45. The van der Waals surface area contributed by atoms with Gasteiger partial charge in [-0.3, -0.25) is 0 Å². The number of fused-ring (bicyclic) bond motifs is 1. The van der Waals surface area contributed by atoms with E-state index >= 15 is 0 Å². The smallest absolute Gasteiger partial charge is 0.228 e. The number of H-pyrrole nitrogens is 1. The second-order valence-corrected chi connectivity index (χ2v) is 7.14. The van der Waals surface area contributed by atoms with Gasteiger partial charge in [-0.1, -0.05) is 0 Å². The molecule has 0 radical (unpaired) electrons. The van der Waals surface area contributed by atoms with Crippen molar-refractivity contribution in [2.24, 2.45) is 0 Å². The number of piperidine rings is 1. The molecule has 1 aliphatic heterocycles. The molecule has 27 heavy (non-hydrogen) atoms. The molecule has 4 heterocycles. The number of aliphatic hydroxyl groups excluding tert-OH is 1. The van der Waals surface area contributed by atoms with Crippen molar-refractivity contribution in [1.82, 2.24) is 24.9 Å². The normalized spacial score (nSPS) is 16.7. The van der Waals surface area contributed by atoms with Crippen LogP contribution in [0.3, 0.4) is 0 Å². The molecule has 0 spiro atoms. The van der Waals surface area contributed by atoms with E-state index in [1.807, 2.05) is 36.0 Å². The van der Waals surface area contributed by atoms with Gasteiger partial charge in [-0.05, 0) is 25.0 Å². The largest absolute Gasteiger partial charge is 0.393 e. The number of anilines is 2. The van der Waals surface area contributed by atoms with Gasteiger partial charge in [0.15, 0.2) is 5.65 Å².